The van der Waals surface area contributed by atoms with Crippen LogP contribution in [0.3, 0.4) is 0 Å². The summed E-state index contributed by atoms with van der Waals surface area (Å²) in [7, 11) is 0. The van der Waals surface area contributed by atoms with E-state index in [-0.39, 0.29) is 6.61 Å². The Hall–Kier alpha value is -0.910. The zero-order valence-corrected chi connectivity index (χ0v) is 38.5. The lowest BCUT2D eigenvalue weighted by molar-refractivity contribution is -0.303. The summed E-state index contributed by atoms with van der Waals surface area (Å²) < 4.78 is 11.2. The van der Waals surface area contributed by atoms with Crippen molar-refractivity contribution in [1.82, 2.24) is 0 Å². The fraction of sp³-hybridized carbons (Fsp3) is 0.940. The van der Waals surface area contributed by atoms with Crippen molar-refractivity contribution < 1.29 is 44.9 Å². The van der Waals surface area contributed by atoms with Crippen LogP contribution in [0.1, 0.15) is 233 Å². The summed E-state index contributed by atoms with van der Waals surface area (Å²) in [6, 6.07) is 0. The Labute approximate surface area is 362 Å². The van der Waals surface area contributed by atoms with E-state index in [1.807, 2.05) is 6.08 Å². The highest BCUT2D eigenvalue weighted by Crippen LogP contribution is 2.25. The molecule has 350 valence electrons. The fourth-order valence-corrected chi connectivity index (χ4v) is 8.33. The van der Waals surface area contributed by atoms with Crippen LogP contribution < -0.4 is 0 Å². The third-order valence-electron chi connectivity index (χ3n) is 12.5. The summed E-state index contributed by atoms with van der Waals surface area (Å²) >= 11 is 0. The van der Waals surface area contributed by atoms with Crippen LogP contribution >= 0.6 is 0 Å². The van der Waals surface area contributed by atoms with Gasteiger partial charge in [-0.15, -0.1) is 0 Å². The summed E-state index contributed by atoms with van der Waals surface area (Å²) in [4.78, 5) is 13.5. The average Bonchev–Trinajstić information content (AvgIpc) is 3.22. The topological polar surface area (TPSA) is 157 Å². The number of carbonyl (C=O) groups is 1. The largest absolute Gasteiger partial charge is 0.394 e. The van der Waals surface area contributed by atoms with Gasteiger partial charge in [-0.1, -0.05) is 226 Å². The van der Waals surface area contributed by atoms with E-state index < -0.39 is 61.2 Å². The molecule has 0 amide bonds. The molecule has 8 atom stereocenters. The minimum Gasteiger partial charge on any atom is -0.394 e. The molecule has 0 spiro atoms. The van der Waals surface area contributed by atoms with Gasteiger partial charge in [0, 0.05) is 0 Å². The molecule has 59 heavy (non-hydrogen) atoms. The highest BCUT2D eigenvalue weighted by Gasteiger charge is 2.44. The maximum absolute atomic E-state index is 13.5. The Morgan fingerprint density at radius 1 is 0.576 bits per heavy atom. The van der Waals surface area contributed by atoms with Crippen molar-refractivity contribution in [2.75, 3.05) is 13.2 Å². The Morgan fingerprint density at radius 3 is 1.41 bits per heavy atom. The first-order chi connectivity index (χ1) is 28.6. The molecule has 1 aliphatic rings. The molecular formula is C50H96O9. The second-order valence-electron chi connectivity index (χ2n) is 18.5. The molecule has 0 saturated carbocycles. The molecule has 1 aliphatic heterocycles. The van der Waals surface area contributed by atoms with Crippen molar-refractivity contribution in [3.63, 3.8) is 0 Å². The number of carbonyl (C=O) groups excluding carboxylic acids is 1. The van der Waals surface area contributed by atoms with Crippen LogP contribution in [0.4, 0.5) is 0 Å². The highest BCUT2D eigenvalue weighted by molar-refractivity contribution is 5.86. The van der Waals surface area contributed by atoms with Crippen molar-refractivity contribution in [3.8, 4) is 0 Å². The number of aliphatic hydroxyl groups excluding tert-OH is 6. The quantitative estimate of drug-likeness (QED) is 0.0260. The number of hydrogen-bond acceptors (Lipinski definition) is 9. The number of ketones is 1. The van der Waals surface area contributed by atoms with Gasteiger partial charge in [0.1, 0.15) is 30.5 Å². The van der Waals surface area contributed by atoms with Gasteiger partial charge < -0.3 is 40.1 Å². The van der Waals surface area contributed by atoms with Gasteiger partial charge in [0.15, 0.2) is 12.1 Å². The van der Waals surface area contributed by atoms with Crippen molar-refractivity contribution in [2.45, 2.75) is 276 Å². The van der Waals surface area contributed by atoms with Crippen molar-refractivity contribution >= 4 is 5.78 Å². The molecule has 1 saturated heterocycles. The third-order valence-corrected chi connectivity index (χ3v) is 12.5. The van der Waals surface area contributed by atoms with Crippen molar-refractivity contribution in [1.29, 1.82) is 0 Å². The van der Waals surface area contributed by atoms with Crippen LogP contribution in [0.25, 0.3) is 0 Å². The van der Waals surface area contributed by atoms with Crippen LogP contribution in [0, 0.1) is 11.8 Å². The monoisotopic (exact) mass is 841 g/mol. The molecule has 1 rings (SSSR count). The molecule has 0 aromatic rings. The predicted octanol–water partition coefficient (Wildman–Crippen LogP) is 10.8. The summed E-state index contributed by atoms with van der Waals surface area (Å²) in [5, 5.41) is 62.4. The Balaban J connectivity index is 2.34. The Kier molecular flexibility index (Phi) is 36.8. The van der Waals surface area contributed by atoms with Crippen LogP contribution in [0.2, 0.25) is 0 Å². The average molecular weight is 841 g/mol. The maximum atomic E-state index is 13.5. The van der Waals surface area contributed by atoms with Crippen LogP contribution in [-0.2, 0) is 14.3 Å². The molecule has 0 aromatic heterocycles. The molecular weight excluding hydrogens is 745 g/mol. The lowest BCUT2D eigenvalue weighted by atomic mass is 9.91. The van der Waals surface area contributed by atoms with E-state index in [1.54, 1.807) is 6.08 Å². The van der Waals surface area contributed by atoms with Gasteiger partial charge in [0.25, 0.3) is 0 Å². The van der Waals surface area contributed by atoms with Crippen LogP contribution in [0.5, 0.6) is 0 Å². The Morgan fingerprint density at radius 2 is 0.983 bits per heavy atom. The molecule has 9 nitrogen and oxygen atoms in total. The minimum atomic E-state index is -1.62. The van der Waals surface area contributed by atoms with Gasteiger partial charge in [0.05, 0.1) is 25.2 Å². The van der Waals surface area contributed by atoms with E-state index in [1.165, 1.54) is 161 Å². The number of hydrogen-bond donors (Lipinski definition) is 6. The van der Waals surface area contributed by atoms with E-state index in [9.17, 15) is 35.4 Å². The first-order valence-corrected chi connectivity index (χ1v) is 25.1. The number of rotatable bonds is 42. The van der Waals surface area contributed by atoms with E-state index in [0.717, 1.165) is 44.4 Å². The van der Waals surface area contributed by atoms with Crippen molar-refractivity contribution in [2.24, 2.45) is 11.8 Å². The number of aliphatic hydroxyl groups is 6. The van der Waals surface area contributed by atoms with Gasteiger partial charge >= 0.3 is 0 Å². The molecule has 0 aromatic carbocycles. The number of unbranched alkanes of at least 4 members (excludes halogenated alkanes) is 29. The Bertz CT molecular complexity index is 959. The van der Waals surface area contributed by atoms with Crippen molar-refractivity contribution in [3.05, 3.63) is 12.2 Å². The summed E-state index contributed by atoms with van der Waals surface area (Å²) in [5.74, 6) is -0.867. The van der Waals surface area contributed by atoms with E-state index in [4.69, 9.17) is 9.47 Å². The normalized spacial score (nSPS) is 21.4. The predicted molar refractivity (Wildman–Crippen MR) is 242 cm³/mol. The maximum Gasteiger partial charge on any atom is 0.186 e. The smallest absolute Gasteiger partial charge is 0.186 e. The number of Topliss-reactive ketones (excluding diaryl/α,β-unsaturated/α-hetero) is 1. The zero-order chi connectivity index (χ0) is 43.4. The molecule has 0 unspecified atom stereocenters. The van der Waals surface area contributed by atoms with E-state index in [0.29, 0.717) is 12.8 Å². The van der Waals surface area contributed by atoms with Gasteiger partial charge in [-0.05, 0) is 25.2 Å². The molecule has 6 N–H and O–H groups in total. The van der Waals surface area contributed by atoms with E-state index >= 15 is 0 Å². The molecule has 1 heterocycles. The van der Waals surface area contributed by atoms with Gasteiger partial charge in [0.2, 0.25) is 0 Å². The van der Waals surface area contributed by atoms with Gasteiger partial charge in [-0.25, -0.2) is 0 Å². The zero-order valence-electron chi connectivity index (χ0n) is 38.5. The minimum absolute atomic E-state index is 0.294. The summed E-state index contributed by atoms with van der Waals surface area (Å²) in [6.07, 6.45) is 34.1. The number of allylic oxidation sites excluding steroid dienone is 1. The van der Waals surface area contributed by atoms with Crippen LogP contribution in [-0.4, -0.2) is 92.5 Å². The molecule has 0 radical (unpaired) electrons. The molecule has 9 heteroatoms. The van der Waals surface area contributed by atoms with Gasteiger partial charge in [-0.2, -0.15) is 0 Å². The van der Waals surface area contributed by atoms with Crippen LogP contribution in [0.15, 0.2) is 12.2 Å². The number of ether oxygens (including phenoxy) is 2. The molecule has 1 fully saturated rings. The lowest BCUT2D eigenvalue weighted by Gasteiger charge is -2.40. The second-order valence-corrected chi connectivity index (χ2v) is 18.5. The highest BCUT2D eigenvalue weighted by atomic mass is 16.7. The fourth-order valence-electron chi connectivity index (χ4n) is 8.33. The standard InChI is InChI=1S/C50H96O9/c1-4-5-6-7-8-9-10-11-12-13-14-15-16-17-18-19-22-26-29-32-35-38-44(53)46(54)42(40-58-50-49(57)48(56)47(55)45(39-51)59-50)43(52)37-34-31-28-25-23-20-21-24-27-30-33-36-41(2)3/h34,37,41-45,47-53,55-57H,4-33,35-36,38-40H2,1-3H3/b37-34+/t42-,43+,44+,45+,47-,48-,49+,50+/m0/s1. The second kappa shape index (κ2) is 38.7. The van der Waals surface area contributed by atoms with E-state index in [2.05, 4.69) is 20.8 Å². The first-order valence-electron chi connectivity index (χ1n) is 25.1. The molecule has 0 aliphatic carbocycles. The third kappa shape index (κ3) is 29.2. The molecule has 0 bridgehead atoms. The SMILES string of the molecule is CCCCCCCCCCCCCCCCCCCCCCC[C@@H](O)C(=O)[C@@H](CO[C@@H]1O[C@H](CO)[C@H](O)[C@H](O)[C@H]1O)[C@H](O)/C=C/CCCCCCCCCCCC(C)C. The lowest BCUT2D eigenvalue weighted by Crippen LogP contribution is -2.59. The summed E-state index contributed by atoms with van der Waals surface area (Å²) in [5.41, 5.74) is 0. The van der Waals surface area contributed by atoms with Gasteiger partial charge in [-0.3, -0.25) is 4.79 Å². The first kappa shape index (κ1) is 56.1. The summed E-state index contributed by atoms with van der Waals surface area (Å²) in [6.45, 7) is 5.87.